The largest absolute Gasteiger partial charge is 0.452 e. The van der Waals surface area contributed by atoms with Crippen molar-refractivity contribution in [2.24, 2.45) is 0 Å². The van der Waals surface area contributed by atoms with Crippen molar-refractivity contribution in [3.63, 3.8) is 0 Å². The second kappa shape index (κ2) is 5.59. The van der Waals surface area contributed by atoms with E-state index in [1.807, 2.05) is 31.2 Å². The molecule has 1 N–H and O–H groups in total. The Balaban J connectivity index is 2.22. The second-order valence-electron chi connectivity index (χ2n) is 3.81. The summed E-state index contributed by atoms with van der Waals surface area (Å²) in [7, 11) is 0. The first-order valence-electron chi connectivity index (χ1n) is 5.31. The van der Waals surface area contributed by atoms with Gasteiger partial charge in [0.15, 0.2) is 4.67 Å². The van der Waals surface area contributed by atoms with Gasteiger partial charge in [-0.2, -0.15) is 5.26 Å². The van der Waals surface area contributed by atoms with Crippen LogP contribution in [0.4, 0.5) is 5.69 Å². The van der Waals surface area contributed by atoms with Crippen LogP contribution in [0.5, 0.6) is 0 Å². The van der Waals surface area contributed by atoms with Crippen molar-refractivity contribution in [1.82, 2.24) is 0 Å². The molecule has 1 heterocycles. The molecular formula is C13H10Br2N2O. The summed E-state index contributed by atoms with van der Waals surface area (Å²) in [4.78, 5) is 0. The van der Waals surface area contributed by atoms with Crippen LogP contribution in [0.1, 0.15) is 24.3 Å². The van der Waals surface area contributed by atoms with E-state index in [1.54, 1.807) is 6.07 Å². The minimum absolute atomic E-state index is 0.00965. The molecule has 0 radical (unpaired) electrons. The van der Waals surface area contributed by atoms with Gasteiger partial charge in [-0.05, 0) is 53.2 Å². The number of furan rings is 1. The third-order valence-electron chi connectivity index (χ3n) is 2.49. The van der Waals surface area contributed by atoms with E-state index >= 15 is 0 Å². The van der Waals surface area contributed by atoms with E-state index in [2.05, 4.69) is 43.2 Å². The first kappa shape index (κ1) is 13.2. The van der Waals surface area contributed by atoms with E-state index in [0.717, 1.165) is 15.9 Å². The Morgan fingerprint density at radius 2 is 2.06 bits per heavy atom. The number of nitrogens with zero attached hydrogens (tertiary/aromatic N) is 1. The van der Waals surface area contributed by atoms with Gasteiger partial charge in [0.25, 0.3) is 0 Å². The SMILES string of the molecule is CC(Nc1ccc(Br)cc1C#N)c1ccc(Br)o1. The third-order valence-corrected chi connectivity index (χ3v) is 3.41. The van der Waals surface area contributed by atoms with Crippen molar-refractivity contribution >= 4 is 37.5 Å². The highest BCUT2D eigenvalue weighted by Crippen LogP contribution is 2.26. The van der Waals surface area contributed by atoms with Gasteiger partial charge in [-0.25, -0.2) is 0 Å². The molecule has 0 aliphatic heterocycles. The molecule has 5 heteroatoms. The Kier molecular flexibility index (Phi) is 4.10. The van der Waals surface area contributed by atoms with Gasteiger partial charge in [0, 0.05) is 4.47 Å². The molecule has 0 aliphatic rings. The summed E-state index contributed by atoms with van der Waals surface area (Å²) in [5, 5.41) is 12.3. The number of benzene rings is 1. The number of halogens is 2. The van der Waals surface area contributed by atoms with Gasteiger partial charge >= 0.3 is 0 Å². The molecule has 0 saturated carbocycles. The zero-order valence-electron chi connectivity index (χ0n) is 9.58. The lowest BCUT2D eigenvalue weighted by molar-refractivity contribution is 0.471. The molecular weight excluding hydrogens is 360 g/mol. The number of hydrogen-bond donors (Lipinski definition) is 1. The summed E-state index contributed by atoms with van der Waals surface area (Å²) in [6.07, 6.45) is 0. The van der Waals surface area contributed by atoms with E-state index in [0.29, 0.717) is 10.2 Å². The van der Waals surface area contributed by atoms with E-state index in [9.17, 15) is 0 Å². The summed E-state index contributed by atoms with van der Waals surface area (Å²) in [5.41, 5.74) is 1.39. The van der Waals surface area contributed by atoms with Crippen molar-refractivity contribution in [3.05, 3.63) is 50.8 Å². The molecule has 0 spiro atoms. The second-order valence-corrected chi connectivity index (χ2v) is 5.51. The van der Waals surface area contributed by atoms with Crippen LogP contribution in [0.3, 0.4) is 0 Å². The normalized spacial score (nSPS) is 11.9. The fourth-order valence-electron chi connectivity index (χ4n) is 1.60. The molecule has 1 aromatic heterocycles. The Labute approximate surface area is 122 Å². The molecule has 0 bridgehead atoms. The van der Waals surface area contributed by atoms with E-state index in [1.165, 1.54) is 0 Å². The Morgan fingerprint density at radius 1 is 1.28 bits per heavy atom. The van der Waals surface area contributed by atoms with Crippen LogP contribution >= 0.6 is 31.9 Å². The van der Waals surface area contributed by atoms with Gasteiger partial charge in [0.1, 0.15) is 11.8 Å². The lowest BCUT2D eigenvalue weighted by atomic mass is 10.1. The van der Waals surface area contributed by atoms with Gasteiger partial charge in [-0.15, -0.1) is 0 Å². The Hall–Kier alpha value is -1.25. The summed E-state index contributed by atoms with van der Waals surface area (Å²) in [6, 6.07) is 11.5. The number of hydrogen-bond acceptors (Lipinski definition) is 3. The zero-order chi connectivity index (χ0) is 13.1. The average Bonchev–Trinajstić information content (AvgIpc) is 2.78. The summed E-state index contributed by atoms with van der Waals surface area (Å²) in [5.74, 6) is 0.814. The minimum Gasteiger partial charge on any atom is -0.452 e. The molecule has 92 valence electrons. The maximum atomic E-state index is 9.09. The zero-order valence-corrected chi connectivity index (χ0v) is 12.7. The maximum absolute atomic E-state index is 9.09. The highest BCUT2D eigenvalue weighted by Gasteiger charge is 2.12. The monoisotopic (exact) mass is 368 g/mol. The standard InChI is InChI=1S/C13H10Br2N2O/c1-8(12-4-5-13(15)18-12)17-11-3-2-10(14)6-9(11)7-16/h2-6,8,17H,1H3. The summed E-state index contributed by atoms with van der Waals surface area (Å²) >= 11 is 6.62. The van der Waals surface area contributed by atoms with Crippen LogP contribution in [0, 0.1) is 11.3 Å². The lowest BCUT2D eigenvalue weighted by Gasteiger charge is -2.14. The topological polar surface area (TPSA) is 49.0 Å². The van der Waals surface area contributed by atoms with Crippen LogP contribution in [-0.4, -0.2) is 0 Å². The van der Waals surface area contributed by atoms with Gasteiger partial charge in [-0.1, -0.05) is 15.9 Å². The maximum Gasteiger partial charge on any atom is 0.169 e. The first-order chi connectivity index (χ1) is 8.60. The molecule has 1 atom stereocenters. The number of rotatable bonds is 3. The lowest BCUT2D eigenvalue weighted by Crippen LogP contribution is -2.06. The molecule has 0 amide bonds. The van der Waals surface area contributed by atoms with Crippen LogP contribution in [-0.2, 0) is 0 Å². The fourth-order valence-corrected chi connectivity index (χ4v) is 2.28. The smallest absolute Gasteiger partial charge is 0.169 e. The van der Waals surface area contributed by atoms with Crippen LogP contribution < -0.4 is 5.32 Å². The first-order valence-corrected chi connectivity index (χ1v) is 6.90. The quantitative estimate of drug-likeness (QED) is 0.841. The van der Waals surface area contributed by atoms with Crippen molar-refractivity contribution in [2.75, 3.05) is 5.32 Å². The van der Waals surface area contributed by atoms with E-state index in [4.69, 9.17) is 9.68 Å². The molecule has 1 unspecified atom stereocenters. The van der Waals surface area contributed by atoms with Crippen LogP contribution in [0.2, 0.25) is 0 Å². The highest BCUT2D eigenvalue weighted by molar-refractivity contribution is 9.10. The van der Waals surface area contributed by atoms with Crippen molar-refractivity contribution in [2.45, 2.75) is 13.0 Å². The van der Waals surface area contributed by atoms with E-state index in [-0.39, 0.29) is 6.04 Å². The minimum atomic E-state index is -0.00965. The van der Waals surface area contributed by atoms with Crippen LogP contribution in [0.15, 0.2) is 43.9 Å². The average molecular weight is 370 g/mol. The van der Waals surface area contributed by atoms with Crippen molar-refractivity contribution < 1.29 is 4.42 Å². The Bertz CT molecular complexity index is 601. The van der Waals surface area contributed by atoms with Gasteiger partial charge in [0.2, 0.25) is 0 Å². The molecule has 2 aromatic rings. The number of nitrogens with one attached hydrogen (secondary N) is 1. The molecule has 1 aromatic carbocycles. The van der Waals surface area contributed by atoms with Gasteiger partial charge in [0.05, 0.1) is 17.3 Å². The fraction of sp³-hybridized carbons (Fsp3) is 0.154. The van der Waals surface area contributed by atoms with E-state index < -0.39 is 0 Å². The number of anilines is 1. The number of nitriles is 1. The Morgan fingerprint density at radius 3 is 2.67 bits per heavy atom. The van der Waals surface area contributed by atoms with Crippen molar-refractivity contribution in [1.29, 1.82) is 5.26 Å². The van der Waals surface area contributed by atoms with Crippen molar-refractivity contribution in [3.8, 4) is 6.07 Å². The summed E-state index contributed by atoms with van der Waals surface area (Å²) < 4.78 is 7.06. The van der Waals surface area contributed by atoms with Gasteiger partial charge in [-0.3, -0.25) is 0 Å². The summed E-state index contributed by atoms with van der Waals surface area (Å²) in [6.45, 7) is 1.98. The predicted molar refractivity (Wildman–Crippen MR) is 77.3 cm³/mol. The third kappa shape index (κ3) is 2.95. The molecule has 0 fully saturated rings. The van der Waals surface area contributed by atoms with Gasteiger partial charge < -0.3 is 9.73 Å². The molecule has 18 heavy (non-hydrogen) atoms. The highest BCUT2D eigenvalue weighted by atomic mass is 79.9. The molecule has 3 nitrogen and oxygen atoms in total. The predicted octanol–water partition coefficient (Wildman–Crippen LogP) is 4.85. The molecule has 0 saturated heterocycles. The molecule has 0 aliphatic carbocycles. The molecule has 2 rings (SSSR count). The van der Waals surface area contributed by atoms with Crippen LogP contribution in [0.25, 0.3) is 0 Å².